The molecule has 0 radical (unpaired) electrons. The summed E-state index contributed by atoms with van der Waals surface area (Å²) in [4.78, 5) is 27.3. The molecule has 0 bridgehead atoms. The number of carbonyl (C=O) groups is 2. The fraction of sp³-hybridized carbons (Fsp3) is 0.208. The third-order valence-corrected chi connectivity index (χ3v) is 5.46. The summed E-state index contributed by atoms with van der Waals surface area (Å²) in [5.74, 6) is 0.0561. The second-order valence-corrected chi connectivity index (χ2v) is 7.47. The Morgan fingerprint density at radius 1 is 1.16 bits per heavy atom. The minimum atomic E-state index is -0.545. The molecule has 6 nitrogen and oxygen atoms in total. The fourth-order valence-corrected chi connectivity index (χ4v) is 3.75. The van der Waals surface area contributed by atoms with E-state index in [4.69, 9.17) is 21.7 Å². The molecule has 1 N–H and O–H groups in total. The average molecular weight is 437 g/mol. The number of hydrogen-bond acceptors (Lipinski definition) is 5. The number of nitrogens with zero attached hydrogens (tertiary/aromatic N) is 1. The van der Waals surface area contributed by atoms with E-state index in [1.54, 1.807) is 25.3 Å². The molecule has 0 atom stereocenters. The molecule has 7 heteroatoms. The summed E-state index contributed by atoms with van der Waals surface area (Å²) in [6.07, 6.45) is 3.81. The second-order valence-electron chi connectivity index (χ2n) is 7.09. The standard InChI is InChI=1S/C24H24N2O4S/c1-6-8-17-11-16(13-20(29-4)21(17)30-5)12-18-22(27)25-24(31)26(23(18)28)19-10-7-9-14(2)15(19)3/h6-7,9-13H,1,8H2,2-5H3,(H,25,27,31)/b18-12+. The first-order valence-corrected chi connectivity index (χ1v) is 10.1. The molecule has 1 fully saturated rings. The van der Waals surface area contributed by atoms with Gasteiger partial charge in [-0.1, -0.05) is 18.2 Å². The van der Waals surface area contributed by atoms with Crippen LogP contribution in [0.4, 0.5) is 5.69 Å². The monoisotopic (exact) mass is 436 g/mol. The number of nitrogens with one attached hydrogen (secondary N) is 1. The van der Waals surface area contributed by atoms with Crippen LogP contribution in [0, 0.1) is 13.8 Å². The lowest BCUT2D eigenvalue weighted by molar-refractivity contribution is -0.122. The van der Waals surface area contributed by atoms with Crippen LogP contribution in [0.25, 0.3) is 6.08 Å². The Bertz CT molecular complexity index is 1120. The van der Waals surface area contributed by atoms with Crippen LogP contribution >= 0.6 is 12.2 Å². The molecule has 1 aliphatic rings. The van der Waals surface area contributed by atoms with Crippen molar-refractivity contribution in [3.63, 3.8) is 0 Å². The Morgan fingerprint density at radius 3 is 2.55 bits per heavy atom. The van der Waals surface area contributed by atoms with Gasteiger partial charge in [-0.3, -0.25) is 19.8 Å². The zero-order chi connectivity index (χ0) is 22.7. The maximum Gasteiger partial charge on any atom is 0.270 e. The van der Waals surface area contributed by atoms with Gasteiger partial charge in [-0.15, -0.1) is 6.58 Å². The van der Waals surface area contributed by atoms with E-state index in [0.717, 1.165) is 16.7 Å². The molecule has 2 aromatic carbocycles. The molecule has 0 spiro atoms. The molecular weight excluding hydrogens is 412 g/mol. The van der Waals surface area contributed by atoms with Crippen LogP contribution in [0.5, 0.6) is 11.5 Å². The lowest BCUT2D eigenvalue weighted by Gasteiger charge is -2.30. The largest absolute Gasteiger partial charge is 0.493 e. The van der Waals surface area contributed by atoms with Crippen molar-refractivity contribution >= 4 is 40.9 Å². The van der Waals surface area contributed by atoms with Crippen LogP contribution in [-0.4, -0.2) is 31.1 Å². The second kappa shape index (κ2) is 9.14. The van der Waals surface area contributed by atoms with E-state index in [9.17, 15) is 9.59 Å². The predicted octanol–water partition coefficient (Wildman–Crippen LogP) is 3.88. The molecule has 3 rings (SSSR count). The van der Waals surface area contributed by atoms with Crippen LogP contribution in [0.1, 0.15) is 22.3 Å². The van der Waals surface area contributed by atoms with Gasteiger partial charge in [0, 0.05) is 5.56 Å². The number of carbonyl (C=O) groups excluding carboxylic acids is 2. The number of benzene rings is 2. The van der Waals surface area contributed by atoms with Crippen LogP contribution in [0.2, 0.25) is 0 Å². The Hall–Kier alpha value is -3.45. The summed E-state index contributed by atoms with van der Waals surface area (Å²) >= 11 is 5.31. The first-order valence-electron chi connectivity index (χ1n) is 9.65. The normalized spacial score (nSPS) is 15.2. The van der Waals surface area contributed by atoms with E-state index >= 15 is 0 Å². The number of rotatable bonds is 6. The van der Waals surface area contributed by atoms with Crippen molar-refractivity contribution in [3.8, 4) is 11.5 Å². The zero-order valence-corrected chi connectivity index (χ0v) is 18.8. The van der Waals surface area contributed by atoms with Gasteiger partial charge in [-0.2, -0.15) is 0 Å². The van der Waals surface area contributed by atoms with E-state index in [2.05, 4.69) is 11.9 Å². The van der Waals surface area contributed by atoms with Gasteiger partial charge in [0.25, 0.3) is 11.8 Å². The quantitative estimate of drug-likeness (QED) is 0.322. The molecule has 1 heterocycles. The van der Waals surface area contributed by atoms with Gasteiger partial charge < -0.3 is 9.47 Å². The average Bonchev–Trinajstić information content (AvgIpc) is 2.73. The number of anilines is 1. The highest BCUT2D eigenvalue weighted by molar-refractivity contribution is 7.80. The van der Waals surface area contributed by atoms with Gasteiger partial charge in [0.1, 0.15) is 5.57 Å². The van der Waals surface area contributed by atoms with Crippen molar-refractivity contribution in [1.29, 1.82) is 0 Å². The number of thiocarbonyl (C=S) groups is 1. The smallest absolute Gasteiger partial charge is 0.270 e. The summed E-state index contributed by atoms with van der Waals surface area (Å²) in [6.45, 7) is 7.64. The maximum absolute atomic E-state index is 13.3. The van der Waals surface area contributed by atoms with E-state index in [1.807, 2.05) is 32.0 Å². The molecule has 1 saturated heterocycles. The van der Waals surface area contributed by atoms with Gasteiger partial charge in [-0.25, -0.2) is 0 Å². The number of amides is 2. The lowest BCUT2D eigenvalue weighted by Crippen LogP contribution is -2.54. The molecule has 31 heavy (non-hydrogen) atoms. The summed E-state index contributed by atoms with van der Waals surface area (Å²) in [6, 6.07) is 9.17. The maximum atomic E-state index is 13.3. The minimum Gasteiger partial charge on any atom is -0.493 e. The van der Waals surface area contributed by atoms with E-state index < -0.39 is 11.8 Å². The number of hydrogen-bond donors (Lipinski definition) is 1. The van der Waals surface area contributed by atoms with Crippen LogP contribution < -0.4 is 19.7 Å². The molecule has 0 aromatic heterocycles. The molecule has 0 saturated carbocycles. The van der Waals surface area contributed by atoms with Gasteiger partial charge >= 0.3 is 0 Å². The highest BCUT2D eigenvalue weighted by atomic mass is 32.1. The Balaban J connectivity index is 2.11. The Labute approximate surface area is 187 Å². The first kappa shape index (κ1) is 22.2. The van der Waals surface area contributed by atoms with Gasteiger partial charge in [0.15, 0.2) is 16.6 Å². The summed E-state index contributed by atoms with van der Waals surface area (Å²) < 4.78 is 10.9. The summed E-state index contributed by atoms with van der Waals surface area (Å²) in [7, 11) is 3.09. The number of allylic oxidation sites excluding steroid dienone is 1. The molecule has 0 aliphatic carbocycles. The van der Waals surface area contributed by atoms with Crippen molar-refractivity contribution < 1.29 is 19.1 Å². The Morgan fingerprint density at radius 2 is 1.90 bits per heavy atom. The highest BCUT2D eigenvalue weighted by Gasteiger charge is 2.35. The molecule has 160 valence electrons. The number of methoxy groups -OCH3 is 2. The SMILES string of the molecule is C=CCc1cc(/C=C2\C(=O)NC(=S)N(c3cccc(C)c3C)C2=O)cc(OC)c1OC. The van der Waals surface area contributed by atoms with Crippen molar-refractivity contribution in [1.82, 2.24) is 5.32 Å². The van der Waals surface area contributed by atoms with Gasteiger partial charge in [0.2, 0.25) is 0 Å². The Kier molecular flexibility index (Phi) is 6.56. The lowest BCUT2D eigenvalue weighted by atomic mass is 10.0. The molecular formula is C24H24N2O4S. The van der Waals surface area contributed by atoms with Gasteiger partial charge in [-0.05, 0) is 73.5 Å². The molecule has 0 unspecified atom stereocenters. The minimum absolute atomic E-state index is 0.0220. The third kappa shape index (κ3) is 4.22. The van der Waals surface area contributed by atoms with Crippen molar-refractivity contribution in [2.45, 2.75) is 20.3 Å². The van der Waals surface area contributed by atoms with Crippen LogP contribution in [0.3, 0.4) is 0 Å². The van der Waals surface area contributed by atoms with E-state index in [0.29, 0.717) is 29.2 Å². The fourth-order valence-electron chi connectivity index (χ4n) is 3.48. The topological polar surface area (TPSA) is 67.9 Å². The molecule has 2 aromatic rings. The van der Waals surface area contributed by atoms with Crippen molar-refractivity contribution in [2.75, 3.05) is 19.1 Å². The van der Waals surface area contributed by atoms with Crippen LogP contribution in [0.15, 0.2) is 48.6 Å². The van der Waals surface area contributed by atoms with Crippen molar-refractivity contribution in [3.05, 3.63) is 70.8 Å². The van der Waals surface area contributed by atoms with Crippen LogP contribution in [-0.2, 0) is 16.0 Å². The predicted molar refractivity (Wildman–Crippen MR) is 126 cm³/mol. The molecule has 2 amide bonds. The first-order chi connectivity index (χ1) is 14.8. The van der Waals surface area contributed by atoms with Crippen molar-refractivity contribution in [2.24, 2.45) is 0 Å². The summed E-state index contributed by atoms with van der Waals surface area (Å²) in [5.41, 5.74) is 4.00. The van der Waals surface area contributed by atoms with Gasteiger partial charge in [0.05, 0.1) is 19.9 Å². The highest BCUT2D eigenvalue weighted by Crippen LogP contribution is 2.34. The van der Waals surface area contributed by atoms with E-state index in [1.165, 1.54) is 18.1 Å². The van der Waals surface area contributed by atoms with E-state index in [-0.39, 0.29) is 10.7 Å². The molecule has 1 aliphatic heterocycles. The zero-order valence-electron chi connectivity index (χ0n) is 17.9. The number of ether oxygens (including phenoxy) is 2. The number of aryl methyl sites for hydroxylation is 1. The summed E-state index contributed by atoms with van der Waals surface area (Å²) in [5, 5.41) is 2.68. The third-order valence-electron chi connectivity index (χ3n) is 5.17.